The van der Waals surface area contributed by atoms with Crippen LogP contribution < -0.4 is 10.6 Å². The van der Waals surface area contributed by atoms with E-state index in [4.69, 9.17) is 9.73 Å². The van der Waals surface area contributed by atoms with Crippen molar-refractivity contribution in [3.8, 4) is 0 Å². The standard InChI is InChI=1S/C23H38N6O/c1-6-30-16-8-15-25-23(26-17-22-28-27-19(4)29(22)5)24-14-7-9-20-10-12-21(13-11-20)18(2)3/h10-13,18H,6-9,14-17H2,1-5H3,(H2,24,25,26). The molecule has 1 aromatic carbocycles. The van der Waals surface area contributed by atoms with E-state index in [1.54, 1.807) is 0 Å². The van der Waals surface area contributed by atoms with Gasteiger partial charge in [-0.15, -0.1) is 10.2 Å². The van der Waals surface area contributed by atoms with Gasteiger partial charge < -0.3 is 19.9 Å². The van der Waals surface area contributed by atoms with Crippen LogP contribution in [0.3, 0.4) is 0 Å². The highest BCUT2D eigenvalue weighted by molar-refractivity contribution is 5.79. The maximum Gasteiger partial charge on any atom is 0.191 e. The first-order valence-electron chi connectivity index (χ1n) is 11.0. The molecule has 0 fully saturated rings. The molecule has 166 valence electrons. The van der Waals surface area contributed by atoms with Crippen molar-refractivity contribution in [2.75, 3.05) is 26.3 Å². The van der Waals surface area contributed by atoms with Gasteiger partial charge in [0.1, 0.15) is 12.4 Å². The minimum atomic E-state index is 0.495. The van der Waals surface area contributed by atoms with Gasteiger partial charge >= 0.3 is 0 Å². The van der Waals surface area contributed by atoms with Crippen molar-refractivity contribution < 1.29 is 4.74 Å². The smallest absolute Gasteiger partial charge is 0.191 e. The molecule has 0 aliphatic heterocycles. The third-order valence-electron chi connectivity index (χ3n) is 5.10. The molecule has 0 atom stereocenters. The van der Waals surface area contributed by atoms with Crippen molar-refractivity contribution in [3.05, 3.63) is 47.0 Å². The minimum Gasteiger partial charge on any atom is -0.382 e. The number of ether oxygens (including phenoxy) is 1. The van der Waals surface area contributed by atoms with Crippen LogP contribution >= 0.6 is 0 Å². The summed E-state index contributed by atoms with van der Waals surface area (Å²) in [4.78, 5) is 4.69. The molecule has 0 spiro atoms. The first-order valence-corrected chi connectivity index (χ1v) is 11.0. The van der Waals surface area contributed by atoms with Gasteiger partial charge in [-0.1, -0.05) is 38.1 Å². The van der Waals surface area contributed by atoms with E-state index in [9.17, 15) is 0 Å². The summed E-state index contributed by atoms with van der Waals surface area (Å²) < 4.78 is 7.38. The van der Waals surface area contributed by atoms with Gasteiger partial charge in [0.05, 0.1) is 0 Å². The lowest BCUT2D eigenvalue weighted by atomic mass is 10.0. The Hall–Kier alpha value is -2.41. The monoisotopic (exact) mass is 414 g/mol. The number of hydrogen-bond acceptors (Lipinski definition) is 4. The highest BCUT2D eigenvalue weighted by Crippen LogP contribution is 2.15. The Bertz CT molecular complexity index is 767. The van der Waals surface area contributed by atoms with E-state index in [2.05, 4.69) is 58.9 Å². The Balaban J connectivity index is 1.83. The van der Waals surface area contributed by atoms with Crippen LogP contribution in [0.1, 0.15) is 62.3 Å². The second-order valence-electron chi connectivity index (χ2n) is 7.79. The summed E-state index contributed by atoms with van der Waals surface area (Å²) in [5.41, 5.74) is 2.76. The molecule has 0 radical (unpaired) electrons. The van der Waals surface area contributed by atoms with Crippen LogP contribution in [0.25, 0.3) is 0 Å². The fourth-order valence-electron chi connectivity index (χ4n) is 3.01. The van der Waals surface area contributed by atoms with E-state index in [0.29, 0.717) is 12.5 Å². The zero-order valence-corrected chi connectivity index (χ0v) is 19.2. The number of nitrogens with one attached hydrogen (secondary N) is 2. The van der Waals surface area contributed by atoms with E-state index < -0.39 is 0 Å². The van der Waals surface area contributed by atoms with E-state index >= 15 is 0 Å². The average Bonchev–Trinajstić information content (AvgIpc) is 3.06. The molecule has 0 amide bonds. The number of guanidine groups is 1. The second-order valence-corrected chi connectivity index (χ2v) is 7.79. The molecule has 0 bridgehead atoms. The van der Waals surface area contributed by atoms with Gasteiger partial charge in [-0.05, 0) is 50.2 Å². The molecule has 0 unspecified atom stereocenters. The number of aryl methyl sites for hydroxylation is 2. The van der Waals surface area contributed by atoms with E-state index in [1.807, 2.05) is 25.5 Å². The van der Waals surface area contributed by atoms with Crippen molar-refractivity contribution in [2.24, 2.45) is 12.0 Å². The zero-order chi connectivity index (χ0) is 21.8. The SMILES string of the molecule is CCOCCCNC(=NCc1nnc(C)n1C)NCCCc1ccc(C(C)C)cc1. The molecule has 7 nitrogen and oxygen atoms in total. The van der Waals surface area contributed by atoms with Crippen LogP contribution in [-0.4, -0.2) is 47.0 Å². The maximum absolute atomic E-state index is 5.41. The number of rotatable bonds is 12. The molecule has 0 aliphatic carbocycles. The predicted molar refractivity (Wildman–Crippen MR) is 123 cm³/mol. The third-order valence-corrected chi connectivity index (χ3v) is 5.10. The highest BCUT2D eigenvalue weighted by atomic mass is 16.5. The lowest BCUT2D eigenvalue weighted by Gasteiger charge is -2.13. The Morgan fingerprint density at radius 1 is 1.10 bits per heavy atom. The molecule has 0 aliphatic rings. The normalized spacial score (nSPS) is 11.9. The highest BCUT2D eigenvalue weighted by Gasteiger charge is 2.05. The van der Waals surface area contributed by atoms with Crippen LogP contribution in [0.2, 0.25) is 0 Å². The number of aliphatic imine (C=N–C) groups is 1. The van der Waals surface area contributed by atoms with Crippen molar-refractivity contribution in [2.45, 2.75) is 59.4 Å². The largest absolute Gasteiger partial charge is 0.382 e. The molecule has 1 aromatic heterocycles. The van der Waals surface area contributed by atoms with Crippen LogP contribution in [0.15, 0.2) is 29.3 Å². The first-order chi connectivity index (χ1) is 14.5. The number of benzene rings is 1. The summed E-state index contributed by atoms with van der Waals surface area (Å²) in [6.07, 6.45) is 3.04. The van der Waals surface area contributed by atoms with E-state index in [0.717, 1.165) is 63.2 Å². The molecule has 2 N–H and O–H groups in total. The lowest BCUT2D eigenvalue weighted by molar-refractivity contribution is 0.145. The summed E-state index contributed by atoms with van der Waals surface area (Å²) >= 11 is 0. The van der Waals surface area contributed by atoms with Gasteiger partial charge in [-0.2, -0.15) is 0 Å². The molecular weight excluding hydrogens is 376 g/mol. The van der Waals surface area contributed by atoms with Gasteiger partial charge in [0.25, 0.3) is 0 Å². The fourth-order valence-corrected chi connectivity index (χ4v) is 3.01. The molecule has 0 saturated heterocycles. The van der Waals surface area contributed by atoms with E-state index in [1.165, 1.54) is 11.1 Å². The summed E-state index contributed by atoms with van der Waals surface area (Å²) in [5.74, 6) is 3.13. The molecule has 2 rings (SSSR count). The summed E-state index contributed by atoms with van der Waals surface area (Å²) in [7, 11) is 1.97. The van der Waals surface area contributed by atoms with Crippen LogP contribution in [0, 0.1) is 6.92 Å². The third kappa shape index (κ3) is 8.14. The van der Waals surface area contributed by atoms with Crippen molar-refractivity contribution in [1.29, 1.82) is 0 Å². The van der Waals surface area contributed by atoms with E-state index in [-0.39, 0.29) is 0 Å². The molecule has 0 saturated carbocycles. The number of hydrogen-bond donors (Lipinski definition) is 2. The number of nitrogens with zero attached hydrogens (tertiary/aromatic N) is 4. The Labute approximate surface area is 181 Å². The Morgan fingerprint density at radius 2 is 1.80 bits per heavy atom. The van der Waals surface area contributed by atoms with Crippen molar-refractivity contribution in [3.63, 3.8) is 0 Å². The predicted octanol–water partition coefficient (Wildman–Crippen LogP) is 3.34. The fraction of sp³-hybridized carbons (Fsp3) is 0.609. The van der Waals surface area contributed by atoms with Crippen LogP contribution in [0.4, 0.5) is 0 Å². The molecule has 2 aromatic rings. The van der Waals surface area contributed by atoms with Gasteiger partial charge in [-0.3, -0.25) is 0 Å². The van der Waals surface area contributed by atoms with Gasteiger partial charge in [0, 0.05) is 33.4 Å². The topological polar surface area (TPSA) is 76.4 Å². The zero-order valence-electron chi connectivity index (χ0n) is 19.2. The molecular formula is C23H38N6O. The van der Waals surface area contributed by atoms with Gasteiger partial charge in [-0.25, -0.2) is 4.99 Å². The van der Waals surface area contributed by atoms with Crippen LogP contribution in [-0.2, 0) is 24.8 Å². The summed E-state index contributed by atoms with van der Waals surface area (Å²) in [6.45, 7) is 12.1. The first kappa shape index (κ1) is 23.9. The van der Waals surface area contributed by atoms with Gasteiger partial charge in [0.15, 0.2) is 11.8 Å². The quantitative estimate of drug-likeness (QED) is 0.316. The van der Waals surface area contributed by atoms with Crippen molar-refractivity contribution in [1.82, 2.24) is 25.4 Å². The molecule has 7 heteroatoms. The van der Waals surface area contributed by atoms with Crippen LogP contribution in [0.5, 0.6) is 0 Å². The average molecular weight is 415 g/mol. The maximum atomic E-state index is 5.41. The summed E-state index contributed by atoms with van der Waals surface area (Å²) in [6, 6.07) is 8.96. The van der Waals surface area contributed by atoms with Gasteiger partial charge in [0.2, 0.25) is 0 Å². The molecule has 30 heavy (non-hydrogen) atoms. The minimum absolute atomic E-state index is 0.495. The van der Waals surface area contributed by atoms with Crippen molar-refractivity contribution >= 4 is 5.96 Å². The summed E-state index contributed by atoms with van der Waals surface area (Å²) in [5, 5.41) is 15.1. The lowest BCUT2D eigenvalue weighted by Crippen LogP contribution is -2.39. The Morgan fingerprint density at radius 3 is 2.40 bits per heavy atom. The second kappa shape index (κ2) is 13.0. The Kier molecular flexibility index (Phi) is 10.3. The molecule has 1 heterocycles. The number of aromatic nitrogens is 3.